The Morgan fingerprint density at radius 1 is 1.21 bits per heavy atom. The molecule has 0 aliphatic carbocycles. The zero-order valence-corrected chi connectivity index (χ0v) is 10.4. The van der Waals surface area contributed by atoms with Crippen LogP contribution in [0.2, 0.25) is 0 Å². The van der Waals surface area contributed by atoms with Gasteiger partial charge < -0.3 is 19.3 Å². The molecule has 0 unspecified atom stereocenters. The molecule has 0 radical (unpaired) electrons. The Hall–Kier alpha value is -2.27. The lowest BCUT2D eigenvalue weighted by molar-refractivity contribution is 0.174. The molecule has 3 rings (SSSR count). The van der Waals surface area contributed by atoms with Crippen LogP contribution in [0.3, 0.4) is 0 Å². The van der Waals surface area contributed by atoms with Crippen molar-refractivity contribution in [3.05, 3.63) is 42.1 Å². The fraction of sp³-hybridized carbons (Fsp3) is 0.214. The summed E-state index contributed by atoms with van der Waals surface area (Å²) in [5.74, 6) is 2.47. The van der Waals surface area contributed by atoms with Gasteiger partial charge in [-0.15, -0.1) is 0 Å². The molecule has 5 nitrogen and oxygen atoms in total. The first-order chi connectivity index (χ1) is 9.22. The van der Waals surface area contributed by atoms with Gasteiger partial charge in [-0.3, -0.25) is 0 Å². The molecule has 0 spiro atoms. The Bertz CT molecular complexity index is 580. The van der Waals surface area contributed by atoms with Crippen LogP contribution < -0.4 is 14.2 Å². The van der Waals surface area contributed by atoms with E-state index < -0.39 is 6.10 Å². The largest absolute Gasteiger partial charge is 0.454 e. The summed E-state index contributed by atoms with van der Waals surface area (Å²) in [6.45, 7) is 1.93. The van der Waals surface area contributed by atoms with E-state index >= 15 is 0 Å². The lowest BCUT2D eigenvalue weighted by Crippen LogP contribution is -1.94. The van der Waals surface area contributed by atoms with Gasteiger partial charge >= 0.3 is 0 Å². The molecule has 1 aromatic carbocycles. The van der Waals surface area contributed by atoms with Crippen molar-refractivity contribution in [3.63, 3.8) is 0 Å². The predicted octanol–water partition coefficient (Wildman–Crippen LogP) is 2.66. The Morgan fingerprint density at radius 3 is 2.79 bits per heavy atom. The minimum absolute atomic E-state index is 0.236. The molecule has 1 aromatic heterocycles. The number of hydrogen-bond donors (Lipinski definition) is 1. The second-order valence-corrected chi connectivity index (χ2v) is 4.22. The van der Waals surface area contributed by atoms with E-state index in [4.69, 9.17) is 14.2 Å². The van der Waals surface area contributed by atoms with E-state index in [1.165, 1.54) is 0 Å². The summed E-state index contributed by atoms with van der Waals surface area (Å²) in [6, 6.07) is 8.83. The van der Waals surface area contributed by atoms with Crippen LogP contribution >= 0.6 is 0 Å². The molecule has 0 saturated carbocycles. The van der Waals surface area contributed by atoms with E-state index in [0.29, 0.717) is 23.1 Å². The van der Waals surface area contributed by atoms with Crippen molar-refractivity contribution in [1.29, 1.82) is 0 Å². The van der Waals surface area contributed by atoms with Crippen molar-refractivity contribution >= 4 is 0 Å². The highest BCUT2D eigenvalue weighted by Crippen LogP contribution is 2.36. The van der Waals surface area contributed by atoms with E-state index in [2.05, 4.69) is 4.98 Å². The normalized spacial score (nSPS) is 14.2. The summed E-state index contributed by atoms with van der Waals surface area (Å²) < 4.78 is 16.1. The van der Waals surface area contributed by atoms with Crippen LogP contribution in [-0.4, -0.2) is 16.9 Å². The van der Waals surface area contributed by atoms with Crippen LogP contribution in [0, 0.1) is 0 Å². The fourth-order valence-electron chi connectivity index (χ4n) is 1.76. The molecule has 2 heterocycles. The van der Waals surface area contributed by atoms with Crippen LogP contribution in [0.4, 0.5) is 0 Å². The zero-order chi connectivity index (χ0) is 13.2. The second-order valence-electron chi connectivity index (χ2n) is 4.22. The Morgan fingerprint density at radius 2 is 2.05 bits per heavy atom. The first kappa shape index (κ1) is 11.8. The van der Waals surface area contributed by atoms with Gasteiger partial charge in [-0.25, -0.2) is 4.98 Å². The standard InChI is InChI=1S/C14H13NO4/c1-9(16)10-2-5-14(15-7-10)19-11-3-4-12-13(6-11)18-8-17-12/h2-7,9,16H,8H2,1H3/t9-/m0/s1. The number of hydrogen-bond acceptors (Lipinski definition) is 5. The van der Waals surface area contributed by atoms with Crippen molar-refractivity contribution in [2.75, 3.05) is 6.79 Å². The van der Waals surface area contributed by atoms with E-state index in [9.17, 15) is 5.11 Å². The first-order valence-corrected chi connectivity index (χ1v) is 5.94. The van der Waals surface area contributed by atoms with Crippen molar-refractivity contribution in [2.45, 2.75) is 13.0 Å². The van der Waals surface area contributed by atoms with Gasteiger partial charge in [0.1, 0.15) is 5.75 Å². The number of pyridine rings is 1. The third kappa shape index (κ3) is 2.46. The van der Waals surface area contributed by atoms with E-state index in [1.54, 1.807) is 43.5 Å². The Labute approximate surface area is 110 Å². The minimum atomic E-state index is -0.535. The monoisotopic (exact) mass is 259 g/mol. The summed E-state index contributed by atoms with van der Waals surface area (Å²) in [4.78, 5) is 4.13. The summed E-state index contributed by atoms with van der Waals surface area (Å²) in [5.41, 5.74) is 0.748. The van der Waals surface area contributed by atoms with Gasteiger partial charge in [0.25, 0.3) is 0 Å². The molecule has 0 bridgehead atoms. The van der Waals surface area contributed by atoms with Gasteiger partial charge in [-0.2, -0.15) is 0 Å². The molecule has 0 fully saturated rings. The molecule has 1 aliphatic heterocycles. The molecule has 2 aromatic rings. The van der Waals surface area contributed by atoms with Crippen molar-refractivity contribution in [2.24, 2.45) is 0 Å². The van der Waals surface area contributed by atoms with Crippen LogP contribution in [-0.2, 0) is 0 Å². The van der Waals surface area contributed by atoms with Gasteiger partial charge in [-0.1, -0.05) is 0 Å². The SMILES string of the molecule is C[C@H](O)c1ccc(Oc2ccc3c(c2)OCO3)nc1. The summed E-state index contributed by atoms with van der Waals surface area (Å²) >= 11 is 0. The molecule has 98 valence electrons. The average molecular weight is 259 g/mol. The molecular formula is C14H13NO4. The molecule has 19 heavy (non-hydrogen) atoms. The molecular weight excluding hydrogens is 246 g/mol. The number of ether oxygens (including phenoxy) is 3. The quantitative estimate of drug-likeness (QED) is 0.918. The second kappa shape index (κ2) is 4.78. The Kier molecular flexibility index (Phi) is 2.97. The highest BCUT2D eigenvalue weighted by atomic mass is 16.7. The molecule has 5 heteroatoms. The molecule has 1 aliphatic rings. The lowest BCUT2D eigenvalue weighted by atomic mass is 10.2. The third-order valence-electron chi connectivity index (χ3n) is 2.81. The number of nitrogens with zero attached hydrogens (tertiary/aromatic N) is 1. The summed E-state index contributed by atoms with van der Waals surface area (Å²) in [6.07, 6.45) is 1.06. The fourth-order valence-corrected chi connectivity index (χ4v) is 1.76. The maximum atomic E-state index is 9.40. The molecule has 1 N–H and O–H groups in total. The predicted molar refractivity (Wildman–Crippen MR) is 67.5 cm³/mol. The number of aliphatic hydroxyl groups excluding tert-OH is 1. The van der Waals surface area contributed by atoms with Gasteiger partial charge in [0.15, 0.2) is 11.5 Å². The van der Waals surface area contributed by atoms with Crippen LogP contribution in [0.5, 0.6) is 23.1 Å². The third-order valence-corrected chi connectivity index (χ3v) is 2.81. The van der Waals surface area contributed by atoms with Crippen molar-refractivity contribution < 1.29 is 19.3 Å². The van der Waals surface area contributed by atoms with Crippen LogP contribution in [0.25, 0.3) is 0 Å². The topological polar surface area (TPSA) is 60.8 Å². The van der Waals surface area contributed by atoms with Crippen LogP contribution in [0.1, 0.15) is 18.6 Å². The summed E-state index contributed by atoms with van der Waals surface area (Å²) in [5, 5.41) is 9.40. The summed E-state index contributed by atoms with van der Waals surface area (Å²) in [7, 11) is 0. The van der Waals surface area contributed by atoms with Crippen molar-refractivity contribution in [1.82, 2.24) is 4.98 Å². The first-order valence-electron chi connectivity index (χ1n) is 5.94. The zero-order valence-electron chi connectivity index (χ0n) is 10.4. The lowest BCUT2D eigenvalue weighted by Gasteiger charge is -2.07. The highest BCUT2D eigenvalue weighted by Gasteiger charge is 2.14. The number of fused-ring (bicyclic) bond motifs is 1. The van der Waals surface area contributed by atoms with E-state index in [-0.39, 0.29) is 6.79 Å². The number of aliphatic hydroxyl groups is 1. The molecule has 0 amide bonds. The maximum absolute atomic E-state index is 9.40. The molecule has 1 atom stereocenters. The maximum Gasteiger partial charge on any atom is 0.231 e. The van der Waals surface area contributed by atoms with Gasteiger partial charge in [-0.05, 0) is 30.7 Å². The van der Waals surface area contributed by atoms with Gasteiger partial charge in [0.05, 0.1) is 6.10 Å². The number of benzene rings is 1. The van der Waals surface area contributed by atoms with Crippen LogP contribution in [0.15, 0.2) is 36.5 Å². The van der Waals surface area contributed by atoms with E-state index in [1.807, 2.05) is 0 Å². The molecule has 0 saturated heterocycles. The van der Waals surface area contributed by atoms with Gasteiger partial charge in [0.2, 0.25) is 12.7 Å². The van der Waals surface area contributed by atoms with Gasteiger partial charge in [0, 0.05) is 18.3 Å². The Balaban J connectivity index is 1.77. The number of aromatic nitrogens is 1. The van der Waals surface area contributed by atoms with Crippen molar-refractivity contribution in [3.8, 4) is 23.1 Å². The number of rotatable bonds is 3. The smallest absolute Gasteiger partial charge is 0.231 e. The van der Waals surface area contributed by atoms with E-state index in [0.717, 1.165) is 5.56 Å². The average Bonchev–Trinajstić information content (AvgIpc) is 2.87. The minimum Gasteiger partial charge on any atom is -0.454 e. The highest BCUT2D eigenvalue weighted by molar-refractivity contribution is 5.47.